The van der Waals surface area contributed by atoms with Crippen LogP contribution in [-0.4, -0.2) is 0 Å². The van der Waals surface area contributed by atoms with E-state index >= 15 is 0 Å². The van der Waals surface area contributed by atoms with Crippen molar-refractivity contribution in [1.29, 1.82) is 0 Å². The van der Waals surface area contributed by atoms with E-state index in [0.717, 1.165) is 0 Å². The first-order chi connectivity index (χ1) is 28.8. The molecule has 5 heteroatoms. The molecule has 0 saturated heterocycles. The standard InChI is InChI=1S/3C18H15P.ClH.Rh/c3*1-4-10-16(11-5-1)19(17-12-6-2-7-13-17)18-14-8-3-9-15-18;;/h3*1-15H;1H;/q;;;;-3/p+3. The molecule has 9 aromatic carbocycles. The first-order valence-corrected chi connectivity index (χ1v) is 32.8. The Hall–Kier alpha value is -4.82. The predicted octanol–water partition coefficient (Wildman–Crippen LogP) is 9.95. The van der Waals surface area contributed by atoms with Crippen LogP contribution in [0, 0.1) is 0 Å². The Morgan fingerprint density at radius 1 is 0.169 bits per heavy atom. The van der Waals surface area contributed by atoms with Gasteiger partial charge in [0.15, 0.2) is 0 Å². The van der Waals surface area contributed by atoms with Crippen LogP contribution in [0.3, 0.4) is 0 Å². The van der Waals surface area contributed by atoms with Crippen LogP contribution < -0.4 is 47.7 Å². The zero-order valence-corrected chi connectivity index (χ0v) is 38.2. The van der Waals surface area contributed by atoms with E-state index in [1.54, 1.807) is 0 Å². The van der Waals surface area contributed by atoms with Crippen molar-refractivity contribution in [2.75, 3.05) is 0 Å². The van der Waals surface area contributed by atoms with Crippen molar-refractivity contribution in [3.05, 3.63) is 273 Å². The molecule has 0 atom stereocenters. The van der Waals surface area contributed by atoms with E-state index in [0.29, 0.717) is 0 Å². The topological polar surface area (TPSA) is 0 Å². The third kappa shape index (κ3) is 7.19. The van der Waals surface area contributed by atoms with Crippen molar-refractivity contribution in [3.63, 3.8) is 0 Å². The van der Waals surface area contributed by atoms with Crippen LogP contribution in [0.4, 0.5) is 0 Å². The molecule has 0 saturated carbocycles. The second-order valence-electron chi connectivity index (χ2n) is 14.4. The average Bonchev–Trinajstić information content (AvgIpc) is 3.33. The van der Waals surface area contributed by atoms with Crippen LogP contribution in [0.5, 0.6) is 0 Å². The number of hydrogen-bond acceptors (Lipinski definition) is 0. The second kappa shape index (κ2) is 18.6. The summed E-state index contributed by atoms with van der Waals surface area (Å²) in [5.74, 6) is 0. The van der Waals surface area contributed by atoms with Crippen molar-refractivity contribution >= 4 is 76.9 Å². The molecule has 296 valence electrons. The van der Waals surface area contributed by atoms with E-state index in [1.807, 2.05) is 0 Å². The van der Waals surface area contributed by atoms with Crippen LogP contribution in [0.2, 0.25) is 0 Å². The number of rotatable bonds is 12. The summed E-state index contributed by atoms with van der Waals surface area (Å²) in [6.07, 6.45) is 0. The molecule has 0 aliphatic heterocycles. The Balaban J connectivity index is 0.00000484. The van der Waals surface area contributed by atoms with Crippen LogP contribution in [0.15, 0.2) is 273 Å². The first-order valence-electron chi connectivity index (χ1n) is 19.9. The summed E-state index contributed by atoms with van der Waals surface area (Å²) in [4.78, 5) is 0. The molecule has 0 heterocycles. The summed E-state index contributed by atoms with van der Waals surface area (Å²) in [5, 5.41) is 13.4. The molecule has 0 spiro atoms. The fourth-order valence-corrected chi connectivity index (χ4v) is 99.6. The molecule has 0 amide bonds. The molecule has 0 aliphatic rings. The van der Waals surface area contributed by atoms with Gasteiger partial charge >= 0.3 is 352 Å². The molecular weight excluding hydrogens is 880 g/mol. The maximum absolute atomic E-state index is 3.17. The summed E-state index contributed by atoms with van der Waals surface area (Å²) < 4.78 is 0. The summed E-state index contributed by atoms with van der Waals surface area (Å²) in [6, 6.07) is 106. The number of halogens is 1. The van der Waals surface area contributed by atoms with Crippen molar-refractivity contribution in [2.45, 2.75) is 0 Å². The maximum atomic E-state index is 2.50. The molecule has 59 heavy (non-hydrogen) atoms. The molecule has 0 N–H and O–H groups in total. The Morgan fingerprint density at radius 2 is 0.271 bits per heavy atom. The Kier molecular flexibility index (Phi) is 12.9. The Labute approximate surface area is 361 Å². The van der Waals surface area contributed by atoms with Gasteiger partial charge in [0, 0.05) is 0 Å². The van der Waals surface area contributed by atoms with E-state index in [-0.39, 0.29) is 12.4 Å². The van der Waals surface area contributed by atoms with E-state index in [9.17, 15) is 0 Å². The summed E-state index contributed by atoms with van der Waals surface area (Å²) in [6.45, 7) is 0. The SMILES string of the molecule is Cl.c1ccc([PH](c2ccccc2)(c2ccccc2)[Rh]([PH](c2ccccc2)(c2ccccc2)c2ccccc2)[PH](c2ccccc2)(c2ccccc2)c2ccccc2)cc1. The van der Waals surface area contributed by atoms with Crippen LogP contribution in [0.1, 0.15) is 0 Å². The fourth-order valence-electron chi connectivity index (χ4n) is 8.87. The van der Waals surface area contributed by atoms with Gasteiger partial charge in [-0.15, -0.1) is 12.4 Å². The minimum atomic E-state index is -3.17. The van der Waals surface area contributed by atoms with Gasteiger partial charge in [-0.3, -0.25) is 0 Å². The Bertz CT molecular complexity index is 2050. The molecule has 0 nitrogen and oxygen atoms in total. The Morgan fingerprint density at radius 3 is 0.373 bits per heavy atom. The van der Waals surface area contributed by atoms with Gasteiger partial charge < -0.3 is 0 Å². The molecule has 9 aromatic rings. The van der Waals surface area contributed by atoms with Gasteiger partial charge in [0.2, 0.25) is 0 Å². The van der Waals surface area contributed by atoms with Crippen molar-refractivity contribution < 1.29 is 14.5 Å². The number of benzene rings is 9. The van der Waals surface area contributed by atoms with Crippen molar-refractivity contribution in [2.24, 2.45) is 0 Å². The van der Waals surface area contributed by atoms with E-state index in [1.165, 1.54) is 47.7 Å². The van der Waals surface area contributed by atoms with E-state index in [2.05, 4.69) is 273 Å². The van der Waals surface area contributed by atoms with Gasteiger partial charge in [-0.2, -0.15) is 0 Å². The minimum absolute atomic E-state index is 0. The predicted molar refractivity (Wildman–Crippen MR) is 267 cm³/mol. The van der Waals surface area contributed by atoms with Gasteiger partial charge in [0.25, 0.3) is 0 Å². The molecule has 0 aromatic heterocycles. The summed E-state index contributed by atoms with van der Waals surface area (Å²) in [7, 11) is 0. The first kappa shape index (κ1) is 40.9. The number of hydrogen-bond donors (Lipinski definition) is 0. The molecule has 0 bridgehead atoms. The fraction of sp³-hybridized carbons (Fsp3) is 0. The van der Waals surface area contributed by atoms with Crippen molar-refractivity contribution in [3.8, 4) is 0 Å². The van der Waals surface area contributed by atoms with Crippen LogP contribution >= 0.6 is 29.2 Å². The molecular formula is C54H49ClP3Rh. The monoisotopic (exact) mass is 928 g/mol. The molecule has 0 aliphatic carbocycles. The average molecular weight is 929 g/mol. The third-order valence-corrected chi connectivity index (χ3v) is 73.1. The zero-order valence-electron chi connectivity index (χ0n) is 32.7. The van der Waals surface area contributed by atoms with Gasteiger partial charge in [-0.1, -0.05) is 0 Å². The zero-order chi connectivity index (χ0) is 39.1. The van der Waals surface area contributed by atoms with E-state index in [4.69, 9.17) is 0 Å². The summed E-state index contributed by atoms with van der Waals surface area (Å²) >= 11 is -2.44. The molecule has 9 rings (SSSR count). The van der Waals surface area contributed by atoms with Crippen LogP contribution in [-0.2, 0) is 14.5 Å². The molecule has 0 fully saturated rings. The van der Waals surface area contributed by atoms with Crippen molar-refractivity contribution in [1.82, 2.24) is 0 Å². The normalized spacial score (nSPS) is 12.7. The van der Waals surface area contributed by atoms with Gasteiger partial charge in [0.1, 0.15) is 0 Å². The van der Waals surface area contributed by atoms with Gasteiger partial charge in [0.05, 0.1) is 0 Å². The summed E-state index contributed by atoms with van der Waals surface area (Å²) in [5.41, 5.74) is -9.50. The second-order valence-corrected chi connectivity index (χ2v) is 47.5. The van der Waals surface area contributed by atoms with E-state index < -0.39 is 31.3 Å². The van der Waals surface area contributed by atoms with Gasteiger partial charge in [-0.05, 0) is 0 Å². The quantitative estimate of drug-likeness (QED) is 0.0847. The van der Waals surface area contributed by atoms with Gasteiger partial charge in [-0.25, -0.2) is 0 Å². The molecule has 0 unspecified atom stereocenters. The molecule has 0 radical (unpaired) electrons. The third-order valence-electron chi connectivity index (χ3n) is 11.2. The van der Waals surface area contributed by atoms with Crippen LogP contribution in [0.25, 0.3) is 0 Å².